The molecule has 1 saturated carbocycles. The van der Waals surface area contributed by atoms with Crippen molar-refractivity contribution in [3.8, 4) is 11.5 Å². The summed E-state index contributed by atoms with van der Waals surface area (Å²) in [6, 6.07) is 6.37. The zero-order chi connectivity index (χ0) is 20.9. The third kappa shape index (κ3) is 6.18. The Balaban J connectivity index is 0.00000272. The Labute approximate surface area is 203 Å². The Morgan fingerprint density at radius 3 is 2.48 bits per heavy atom. The highest BCUT2D eigenvalue weighted by atomic mass is 127. The number of benzene rings is 1. The van der Waals surface area contributed by atoms with Crippen LogP contribution in [-0.4, -0.2) is 55.6 Å². The molecule has 4 rings (SSSR count). The summed E-state index contributed by atoms with van der Waals surface area (Å²) < 4.78 is 11.8. The first-order valence-electron chi connectivity index (χ1n) is 11.3. The van der Waals surface area contributed by atoms with Crippen LogP contribution in [0.3, 0.4) is 0 Å². The number of likely N-dealkylation sites (N-methyl/N-ethyl adjacent to an activating group) is 1. The fraction of sp³-hybridized carbons (Fsp3) is 0.560. The molecule has 3 aliphatic rings. The first-order valence-corrected chi connectivity index (χ1v) is 11.3. The molecule has 0 atom stereocenters. The van der Waals surface area contributed by atoms with Crippen LogP contribution < -0.4 is 9.47 Å². The maximum Gasteiger partial charge on any atom is 0.253 e. The summed E-state index contributed by atoms with van der Waals surface area (Å²) in [5, 5.41) is 0. The van der Waals surface area contributed by atoms with Crippen molar-refractivity contribution in [1.82, 2.24) is 9.80 Å². The van der Waals surface area contributed by atoms with E-state index in [0.717, 1.165) is 68.8 Å². The summed E-state index contributed by atoms with van der Waals surface area (Å²) in [6.07, 6.45) is 14.2. The minimum absolute atomic E-state index is 0. The van der Waals surface area contributed by atoms with Crippen LogP contribution in [0.5, 0.6) is 11.5 Å². The first kappa shape index (κ1) is 24.0. The van der Waals surface area contributed by atoms with E-state index in [2.05, 4.69) is 17.0 Å². The highest BCUT2D eigenvalue weighted by Crippen LogP contribution is 2.34. The van der Waals surface area contributed by atoms with Gasteiger partial charge in [0.2, 0.25) is 0 Å². The summed E-state index contributed by atoms with van der Waals surface area (Å²) in [7, 11) is 3.72. The van der Waals surface area contributed by atoms with Crippen molar-refractivity contribution >= 4 is 29.9 Å². The largest absolute Gasteiger partial charge is 0.493 e. The fourth-order valence-corrected chi connectivity index (χ4v) is 4.72. The first-order chi connectivity index (χ1) is 14.6. The van der Waals surface area contributed by atoms with Gasteiger partial charge in [-0.25, -0.2) is 0 Å². The van der Waals surface area contributed by atoms with Gasteiger partial charge in [-0.15, -0.1) is 24.0 Å². The van der Waals surface area contributed by atoms with E-state index in [1.165, 1.54) is 18.4 Å². The van der Waals surface area contributed by atoms with Crippen molar-refractivity contribution in [2.45, 2.75) is 51.0 Å². The maximum atomic E-state index is 12.8. The van der Waals surface area contributed by atoms with Gasteiger partial charge in [0.25, 0.3) is 5.91 Å². The van der Waals surface area contributed by atoms with E-state index >= 15 is 0 Å². The lowest BCUT2D eigenvalue weighted by molar-refractivity contribution is -0.128. The maximum absolute atomic E-state index is 12.8. The monoisotopic (exact) mass is 538 g/mol. The number of piperidine rings is 1. The predicted octanol–water partition coefficient (Wildman–Crippen LogP) is 4.80. The van der Waals surface area contributed by atoms with E-state index in [1.807, 2.05) is 36.4 Å². The van der Waals surface area contributed by atoms with Crippen molar-refractivity contribution in [2.75, 3.05) is 33.8 Å². The van der Waals surface area contributed by atoms with Gasteiger partial charge in [0.1, 0.15) is 0 Å². The SMILES string of the molecule is COc1ccc(CC2CCN(C(=O)C3=CCN(C)C=C3)CC2)cc1OC1CCCC1.I. The lowest BCUT2D eigenvalue weighted by Gasteiger charge is -2.33. The van der Waals surface area contributed by atoms with Crippen LogP contribution >= 0.6 is 24.0 Å². The molecule has 2 fully saturated rings. The molecular weight excluding hydrogens is 503 g/mol. The molecule has 6 heteroatoms. The zero-order valence-corrected chi connectivity index (χ0v) is 21.0. The van der Waals surface area contributed by atoms with E-state index in [1.54, 1.807) is 7.11 Å². The molecule has 0 N–H and O–H groups in total. The average Bonchev–Trinajstić information content (AvgIpc) is 3.28. The zero-order valence-electron chi connectivity index (χ0n) is 18.7. The Kier molecular flexibility index (Phi) is 8.69. The Morgan fingerprint density at radius 2 is 1.84 bits per heavy atom. The molecule has 0 unspecified atom stereocenters. The third-order valence-corrected chi connectivity index (χ3v) is 6.60. The van der Waals surface area contributed by atoms with Crippen molar-refractivity contribution in [1.29, 1.82) is 0 Å². The quantitative estimate of drug-likeness (QED) is 0.488. The summed E-state index contributed by atoms with van der Waals surface area (Å²) in [6.45, 7) is 2.48. The van der Waals surface area contributed by atoms with Gasteiger partial charge in [-0.2, -0.15) is 0 Å². The minimum Gasteiger partial charge on any atom is -0.493 e. The minimum atomic E-state index is 0. The van der Waals surface area contributed by atoms with Crippen LogP contribution in [0.2, 0.25) is 0 Å². The molecule has 2 heterocycles. The van der Waals surface area contributed by atoms with Gasteiger partial charge >= 0.3 is 0 Å². The Hall–Kier alpha value is -1.70. The summed E-state index contributed by atoms with van der Waals surface area (Å²) in [5.74, 6) is 2.49. The van der Waals surface area contributed by atoms with Gasteiger partial charge in [0.15, 0.2) is 11.5 Å². The second kappa shape index (κ2) is 11.2. The number of hydrogen-bond acceptors (Lipinski definition) is 4. The number of methoxy groups -OCH3 is 1. The standard InChI is InChI=1S/C25H34N2O3.HI/c1-26-13-11-21(12-14-26)25(28)27-15-9-19(10-16-27)17-20-7-8-23(29-2)24(18-20)30-22-5-3-4-6-22;/h7-8,11-13,18-19,22H,3-6,9-10,14-17H2,1-2H3;1H. The van der Waals surface area contributed by atoms with Gasteiger partial charge in [-0.1, -0.05) is 12.1 Å². The number of rotatable bonds is 6. The number of nitrogens with zero attached hydrogens (tertiary/aromatic N) is 2. The average molecular weight is 538 g/mol. The number of amides is 1. The Bertz CT molecular complexity index is 809. The lowest BCUT2D eigenvalue weighted by Crippen LogP contribution is -2.40. The smallest absolute Gasteiger partial charge is 0.253 e. The van der Waals surface area contributed by atoms with Crippen molar-refractivity contribution in [3.63, 3.8) is 0 Å². The Morgan fingerprint density at radius 1 is 1.10 bits per heavy atom. The number of carbonyl (C=O) groups is 1. The van der Waals surface area contributed by atoms with E-state index < -0.39 is 0 Å². The number of likely N-dealkylation sites (tertiary alicyclic amines) is 1. The number of hydrogen-bond donors (Lipinski definition) is 0. The second-order valence-corrected chi connectivity index (χ2v) is 8.86. The van der Waals surface area contributed by atoms with Crippen molar-refractivity contribution in [3.05, 3.63) is 47.7 Å². The molecule has 0 bridgehead atoms. The van der Waals surface area contributed by atoms with E-state index in [0.29, 0.717) is 12.0 Å². The van der Waals surface area contributed by atoms with Crippen molar-refractivity contribution in [2.24, 2.45) is 5.92 Å². The van der Waals surface area contributed by atoms with Crippen LogP contribution in [0.15, 0.2) is 42.1 Å². The van der Waals surface area contributed by atoms with Crippen LogP contribution in [0.25, 0.3) is 0 Å². The number of ether oxygens (including phenoxy) is 2. The van der Waals surface area contributed by atoms with Gasteiger partial charge in [0, 0.05) is 32.3 Å². The molecule has 31 heavy (non-hydrogen) atoms. The molecule has 0 spiro atoms. The normalized spacial score (nSPS) is 19.7. The van der Waals surface area contributed by atoms with Crippen molar-refractivity contribution < 1.29 is 14.3 Å². The van der Waals surface area contributed by atoms with Crippen LogP contribution in [-0.2, 0) is 11.2 Å². The molecule has 5 nitrogen and oxygen atoms in total. The molecule has 0 radical (unpaired) electrons. The molecule has 1 aliphatic carbocycles. The topological polar surface area (TPSA) is 42.0 Å². The highest BCUT2D eigenvalue weighted by Gasteiger charge is 2.25. The molecule has 1 aromatic rings. The molecule has 0 aromatic heterocycles. The highest BCUT2D eigenvalue weighted by molar-refractivity contribution is 14.0. The summed E-state index contributed by atoms with van der Waals surface area (Å²) >= 11 is 0. The second-order valence-electron chi connectivity index (χ2n) is 8.86. The molecule has 1 amide bonds. The third-order valence-electron chi connectivity index (χ3n) is 6.60. The van der Waals surface area contributed by atoms with E-state index in [4.69, 9.17) is 9.47 Å². The molecular formula is C25H35IN2O3. The van der Waals surface area contributed by atoms with Gasteiger partial charge in [-0.3, -0.25) is 4.79 Å². The van der Waals surface area contributed by atoms with Crippen LogP contribution in [0.4, 0.5) is 0 Å². The number of carbonyl (C=O) groups excluding carboxylic acids is 1. The lowest BCUT2D eigenvalue weighted by atomic mass is 9.89. The van der Waals surface area contributed by atoms with Gasteiger partial charge < -0.3 is 19.3 Å². The van der Waals surface area contributed by atoms with E-state index in [-0.39, 0.29) is 29.9 Å². The van der Waals surface area contributed by atoms with Gasteiger partial charge in [0.05, 0.1) is 13.2 Å². The number of halogens is 1. The molecule has 1 saturated heterocycles. The summed E-state index contributed by atoms with van der Waals surface area (Å²) in [5.41, 5.74) is 2.13. The van der Waals surface area contributed by atoms with E-state index in [9.17, 15) is 4.79 Å². The predicted molar refractivity (Wildman–Crippen MR) is 134 cm³/mol. The van der Waals surface area contributed by atoms with Crippen LogP contribution in [0.1, 0.15) is 44.1 Å². The molecule has 170 valence electrons. The summed E-state index contributed by atoms with van der Waals surface area (Å²) in [4.78, 5) is 16.8. The molecule has 2 aliphatic heterocycles. The molecule has 1 aromatic carbocycles. The van der Waals surface area contributed by atoms with Crippen LogP contribution in [0, 0.1) is 5.92 Å². The van der Waals surface area contributed by atoms with Gasteiger partial charge in [-0.05, 0) is 80.8 Å². The fourth-order valence-electron chi connectivity index (χ4n) is 4.72.